The maximum Gasteiger partial charge on any atom is 0.294 e. The molecule has 0 fully saturated rings. The van der Waals surface area contributed by atoms with E-state index in [1.165, 1.54) is 6.92 Å². The summed E-state index contributed by atoms with van der Waals surface area (Å²) in [6.45, 7) is 1.07. The van der Waals surface area contributed by atoms with Crippen molar-refractivity contribution in [2.45, 2.75) is 13.0 Å². The Labute approximate surface area is 46.0 Å². The van der Waals surface area contributed by atoms with Crippen molar-refractivity contribution in [3.05, 3.63) is 10.1 Å². The second-order valence-electron chi connectivity index (χ2n) is 1.32. The second-order valence-corrected chi connectivity index (χ2v) is 1.32. The standard InChI is InChI=1S/C3H7NO4/c1-3(2-5)8-4(6)7/h3,5H,2H2,1H3/t3-/m1/s1. The van der Waals surface area contributed by atoms with Crippen molar-refractivity contribution in [1.82, 2.24) is 0 Å². The fourth-order valence-electron chi connectivity index (χ4n) is 0.180. The maximum atomic E-state index is 9.44. The van der Waals surface area contributed by atoms with Crippen LogP contribution in [0.25, 0.3) is 0 Å². The molecule has 0 saturated heterocycles. The Morgan fingerprint density at radius 1 is 2.00 bits per heavy atom. The lowest BCUT2D eigenvalue weighted by molar-refractivity contribution is -0.768. The first kappa shape index (κ1) is 7.16. The molecule has 0 aliphatic heterocycles. The van der Waals surface area contributed by atoms with E-state index in [1.807, 2.05) is 0 Å². The summed E-state index contributed by atoms with van der Waals surface area (Å²) in [7, 11) is 0. The highest BCUT2D eigenvalue weighted by molar-refractivity contribution is 4.37. The lowest BCUT2D eigenvalue weighted by Crippen LogP contribution is -2.16. The smallest absolute Gasteiger partial charge is 0.294 e. The molecule has 0 unspecified atom stereocenters. The Kier molecular flexibility index (Phi) is 2.86. The summed E-state index contributed by atoms with van der Waals surface area (Å²) < 4.78 is 0. The van der Waals surface area contributed by atoms with Crippen LogP contribution in [0, 0.1) is 10.1 Å². The Bertz CT molecular complexity index is 83.4. The van der Waals surface area contributed by atoms with Crippen LogP contribution in [-0.4, -0.2) is 22.9 Å². The average molecular weight is 121 g/mol. The molecule has 0 radical (unpaired) electrons. The fraction of sp³-hybridized carbons (Fsp3) is 1.00. The van der Waals surface area contributed by atoms with Crippen LogP contribution in [0.4, 0.5) is 0 Å². The molecule has 0 aromatic rings. The Hall–Kier alpha value is -0.840. The summed E-state index contributed by atoms with van der Waals surface area (Å²) in [5.41, 5.74) is 0. The Morgan fingerprint density at radius 2 is 2.50 bits per heavy atom. The third kappa shape index (κ3) is 3.35. The topological polar surface area (TPSA) is 72.6 Å². The zero-order chi connectivity index (χ0) is 6.57. The molecule has 0 heterocycles. The molecular formula is C3H7NO4. The van der Waals surface area contributed by atoms with Gasteiger partial charge in [0.15, 0.2) is 0 Å². The minimum absolute atomic E-state index is 0.332. The van der Waals surface area contributed by atoms with Gasteiger partial charge in [0.05, 0.1) is 6.61 Å². The fourth-order valence-corrected chi connectivity index (χ4v) is 0.180. The molecule has 0 spiro atoms. The van der Waals surface area contributed by atoms with Crippen molar-refractivity contribution in [3.8, 4) is 0 Å². The van der Waals surface area contributed by atoms with Crippen LogP contribution in [-0.2, 0) is 4.84 Å². The van der Waals surface area contributed by atoms with E-state index in [9.17, 15) is 10.1 Å². The first-order valence-electron chi connectivity index (χ1n) is 2.09. The molecule has 0 saturated carbocycles. The number of aliphatic hydroxyl groups is 1. The predicted molar refractivity (Wildman–Crippen MR) is 24.6 cm³/mol. The lowest BCUT2D eigenvalue weighted by Gasteiger charge is -2.01. The molecule has 5 nitrogen and oxygen atoms in total. The van der Waals surface area contributed by atoms with Gasteiger partial charge in [0, 0.05) is 0 Å². The predicted octanol–water partition coefficient (Wildman–Crippen LogP) is -0.425. The molecule has 8 heavy (non-hydrogen) atoms. The number of nitrogens with zero attached hydrogens (tertiary/aromatic N) is 1. The normalized spacial score (nSPS) is 12.8. The van der Waals surface area contributed by atoms with Gasteiger partial charge in [-0.05, 0) is 6.92 Å². The number of rotatable bonds is 3. The van der Waals surface area contributed by atoms with Gasteiger partial charge in [-0.3, -0.25) is 0 Å². The van der Waals surface area contributed by atoms with Gasteiger partial charge in [-0.15, -0.1) is 10.1 Å². The van der Waals surface area contributed by atoms with Crippen LogP contribution < -0.4 is 0 Å². The van der Waals surface area contributed by atoms with E-state index in [0.717, 1.165) is 0 Å². The van der Waals surface area contributed by atoms with Gasteiger partial charge in [-0.2, -0.15) is 0 Å². The van der Waals surface area contributed by atoms with Crippen LogP contribution >= 0.6 is 0 Å². The van der Waals surface area contributed by atoms with Crippen LogP contribution in [0.5, 0.6) is 0 Å². The van der Waals surface area contributed by atoms with Gasteiger partial charge in [-0.25, -0.2) is 0 Å². The van der Waals surface area contributed by atoms with Gasteiger partial charge in [0.1, 0.15) is 6.10 Å². The maximum absolute atomic E-state index is 9.44. The zero-order valence-electron chi connectivity index (χ0n) is 4.40. The van der Waals surface area contributed by atoms with Crippen molar-refractivity contribution in [2.75, 3.05) is 6.61 Å². The van der Waals surface area contributed by atoms with Gasteiger partial charge >= 0.3 is 0 Å². The molecule has 0 aromatic heterocycles. The van der Waals surface area contributed by atoms with E-state index in [1.54, 1.807) is 0 Å². The van der Waals surface area contributed by atoms with E-state index in [-0.39, 0.29) is 6.61 Å². The van der Waals surface area contributed by atoms with Gasteiger partial charge in [0.25, 0.3) is 5.09 Å². The first-order valence-corrected chi connectivity index (χ1v) is 2.09. The average Bonchev–Trinajstić information content (AvgIpc) is 1.65. The first-order chi connectivity index (χ1) is 3.66. The summed E-state index contributed by atoms with van der Waals surface area (Å²) in [5.74, 6) is 0. The SMILES string of the molecule is C[C@H](CO)O[N+](=O)[O-]. The van der Waals surface area contributed by atoms with Gasteiger partial charge in [0.2, 0.25) is 0 Å². The molecule has 0 amide bonds. The van der Waals surface area contributed by atoms with Crippen LogP contribution in [0.15, 0.2) is 0 Å². The van der Waals surface area contributed by atoms with Gasteiger partial charge in [-0.1, -0.05) is 0 Å². The lowest BCUT2D eigenvalue weighted by atomic mass is 10.5. The zero-order valence-corrected chi connectivity index (χ0v) is 4.40. The Balaban J connectivity index is 3.24. The summed E-state index contributed by atoms with van der Waals surface area (Å²) >= 11 is 0. The number of hydrogen-bond donors (Lipinski definition) is 1. The molecule has 0 bridgehead atoms. The van der Waals surface area contributed by atoms with Crippen LogP contribution in [0.3, 0.4) is 0 Å². The number of hydrogen-bond acceptors (Lipinski definition) is 4. The summed E-state index contributed by atoms with van der Waals surface area (Å²) in [4.78, 5) is 13.3. The number of aliphatic hydroxyl groups excluding tert-OH is 1. The molecule has 0 rings (SSSR count). The molecule has 5 heteroatoms. The van der Waals surface area contributed by atoms with E-state index >= 15 is 0 Å². The van der Waals surface area contributed by atoms with Crippen molar-refractivity contribution < 1.29 is 15.0 Å². The third-order valence-corrected chi connectivity index (χ3v) is 0.523. The molecular weight excluding hydrogens is 114 g/mol. The highest BCUT2D eigenvalue weighted by Crippen LogP contribution is 1.86. The van der Waals surface area contributed by atoms with Crippen LogP contribution in [0.1, 0.15) is 6.92 Å². The summed E-state index contributed by atoms with van der Waals surface area (Å²) in [6.07, 6.45) is -0.718. The van der Waals surface area contributed by atoms with E-state index in [0.29, 0.717) is 0 Å². The summed E-state index contributed by atoms with van der Waals surface area (Å²) in [6, 6.07) is 0. The van der Waals surface area contributed by atoms with E-state index < -0.39 is 11.2 Å². The van der Waals surface area contributed by atoms with Crippen LogP contribution in [0.2, 0.25) is 0 Å². The molecule has 0 aliphatic rings. The third-order valence-electron chi connectivity index (χ3n) is 0.523. The van der Waals surface area contributed by atoms with Crippen molar-refractivity contribution in [2.24, 2.45) is 0 Å². The highest BCUT2D eigenvalue weighted by atomic mass is 17.0. The van der Waals surface area contributed by atoms with E-state index in [2.05, 4.69) is 4.84 Å². The largest absolute Gasteiger partial charge is 0.394 e. The molecule has 0 aliphatic carbocycles. The quantitative estimate of drug-likeness (QED) is 0.406. The minimum Gasteiger partial charge on any atom is -0.394 e. The van der Waals surface area contributed by atoms with Crippen molar-refractivity contribution in [3.63, 3.8) is 0 Å². The molecule has 48 valence electrons. The van der Waals surface area contributed by atoms with Gasteiger partial charge < -0.3 is 9.94 Å². The summed E-state index contributed by atoms with van der Waals surface area (Å²) in [5, 5.41) is 16.7. The monoisotopic (exact) mass is 121 g/mol. The van der Waals surface area contributed by atoms with Crippen molar-refractivity contribution in [1.29, 1.82) is 0 Å². The van der Waals surface area contributed by atoms with Crippen molar-refractivity contribution >= 4 is 0 Å². The minimum atomic E-state index is -0.930. The molecule has 0 aromatic carbocycles. The molecule has 1 N–H and O–H groups in total. The van der Waals surface area contributed by atoms with E-state index in [4.69, 9.17) is 5.11 Å². The highest BCUT2D eigenvalue weighted by Gasteiger charge is 2.02. The molecule has 1 atom stereocenters. The Morgan fingerprint density at radius 3 is 2.62 bits per heavy atom. The second kappa shape index (κ2) is 3.20.